The lowest BCUT2D eigenvalue weighted by molar-refractivity contribution is -0.143. The molecule has 0 aromatic heterocycles. The van der Waals surface area contributed by atoms with Crippen LogP contribution >= 0.6 is 11.8 Å². The van der Waals surface area contributed by atoms with Gasteiger partial charge in [-0.2, -0.15) is 0 Å². The van der Waals surface area contributed by atoms with Crippen molar-refractivity contribution in [2.45, 2.75) is 44.4 Å². The molecule has 0 N–H and O–H groups in total. The molecule has 2 nitrogen and oxygen atoms in total. The van der Waals surface area contributed by atoms with E-state index < -0.39 is 0 Å². The molecule has 100 valence electrons. The van der Waals surface area contributed by atoms with E-state index in [4.69, 9.17) is 4.74 Å². The number of carbonyl (C=O) groups excluding carboxylic acids is 1. The molecule has 0 heterocycles. The van der Waals surface area contributed by atoms with Gasteiger partial charge in [0, 0.05) is 11.3 Å². The third-order valence-corrected chi connectivity index (χ3v) is 3.72. The van der Waals surface area contributed by atoms with Crippen LogP contribution in [0.1, 0.15) is 38.2 Å². The average Bonchev–Trinajstić information content (AvgIpc) is 2.36. The first-order valence-corrected chi connectivity index (χ1v) is 7.56. The predicted molar refractivity (Wildman–Crippen MR) is 77.0 cm³/mol. The predicted octanol–water partition coefficient (Wildman–Crippen LogP) is 4.21. The lowest BCUT2D eigenvalue weighted by Gasteiger charge is -2.03. The highest BCUT2D eigenvalue weighted by Crippen LogP contribution is 2.20. The van der Waals surface area contributed by atoms with Crippen LogP contribution in [0, 0.1) is 6.92 Å². The van der Waals surface area contributed by atoms with E-state index in [0.717, 1.165) is 25.0 Å². The summed E-state index contributed by atoms with van der Waals surface area (Å²) in [6.07, 6.45) is 3.74. The number of carbonyl (C=O) groups is 1. The van der Waals surface area contributed by atoms with Crippen LogP contribution in [0.15, 0.2) is 29.2 Å². The van der Waals surface area contributed by atoms with Crippen molar-refractivity contribution in [2.75, 3.05) is 12.4 Å². The van der Waals surface area contributed by atoms with Crippen molar-refractivity contribution in [3.63, 3.8) is 0 Å². The first kappa shape index (κ1) is 15.1. The van der Waals surface area contributed by atoms with Crippen LogP contribution < -0.4 is 0 Å². The molecule has 3 heteroatoms. The molecule has 1 aromatic rings. The van der Waals surface area contributed by atoms with Gasteiger partial charge in [0.2, 0.25) is 0 Å². The lowest BCUT2D eigenvalue weighted by atomic mass is 10.2. The van der Waals surface area contributed by atoms with Gasteiger partial charge in [0.15, 0.2) is 0 Å². The fraction of sp³-hybridized carbons (Fsp3) is 0.533. The molecule has 18 heavy (non-hydrogen) atoms. The maximum absolute atomic E-state index is 11.1. The van der Waals surface area contributed by atoms with E-state index in [1.807, 2.05) is 18.7 Å². The summed E-state index contributed by atoms with van der Waals surface area (Å²) in [6, 6.07) is 8.61. The summed E-state index contributed by atoms with van der Waals surface area (Å²) in [5.41, 5.74) is 1.30. The number of thioether (sulfide) groups is 1. The zero-order valence-electron chi connectivity index (χ0n) is 11.3. The van der Waals surface area contributed by atoms with E-state index in [9.17, 15) is 4.79 Å². The van der Waals surface area contributed by atoms with E-state index in [-0.39, 0.29) is 5.97 Å². The number of hydrogen-bond donors (Lipinski definition) is 0. The minimum Gasteiger partial charge on any atom is -0.466 e. The summed E-state index contributed by atoms with van der Waals surface area (Å²) in [7, 11) is 0. The SMILES string of the molecule is CCOC(=O)CCCCCSc1ccc(C)cc1. The van der Waals surface area contributed by atoms with Crippen molar-refractivity contribution < 1.29 is 9.53 Å². The van der Waals surface area contributed by atoms with E-state index in [1.54, 1.807) is 0 Å². The van der Waals surface area contributed by atoms with E-state index >= 15 is 0 Å². The molecule has 0 spiro atoms. The Morgan fingerprint density at radius 3 is 2.56 bits per heavy atom. The fourth-order valence-corrected chi connectivity index (χ4v) is 2.52. The maximum Gasteiger partial charge on any atom is 0.305 e. The van der Waals surface area contributed by atoms with Crippen molar-refractivity contribution >= 4 is 17.7 Å². The van der Waals surface area contributed by atoms with Crippen molar-refractivity contribution in [1.29, 1.82) is 0 Å². The number of ether oxygens (including phenoxy) is 1. The van der Waals surface area contributed by atoms with Gasteiger partial charge >= 0.3 is 5.97 Å². The molecular weight excluding hydrogens is 244 g/mol. The Morgan fingerprint density at radius 2 is 1.89 bits per heavy atom. The lowest BCUT2D eigenvalue weighted by Crippen LogP contribution is -2.03. The average molecular weight is 266 g/mol. The Labute approximate surface area is 114 Å². The maximum atomic E-state index is 11.1. The smallest absolute Gasteiger partial charge is 0.305 e. The van der Waals surface area contributed by atoms with Crippen LogP contribution in [-0.4, -0.2) is 18.3 Å². The molecule has 0 atom stereocenters. The largest absolute Gasteiger partial charge is 0.466 e. The highest BCUT2D eigenvalue weighted by molar-refractivity contribution is 7.99. The molecule has 0 saturated carbocycles. The molecule has 0 aliphatic heterocycles. The molecule has 0 bridgehead atoms. The third kappa shape index (κ3) is 6.70. The highest BCUT2D eigenvalue weighted by atomic mass is 32.2. The van der Waals surface area contributed by atoms with Gasteiger partial charge < -0.3 is 4.74 Å². The summed E-state index contributed by atoms with van der Waals surface area (Å²) in [6.45, 7) is 4.43. The summed E-state index contributed by atoms with van der Waals surface area (Å²) in [5, 5.41) is 0. The van der Waals surface area contributed by atoms with E-state index in [1.165, 1.54) is 10.5 Å². The van der Waals surface area contributed by atoms with E-state index in [0.29, 0.717) is 13.0 Å². The zero-order valence-corrected chi connectivity index (χ0v) is 12.1. The quantitative estimate of drug-likeness (QED) is 0.400. The van der Waals surface area contributed by atoms with Gasteiger partial charge in [0.25, 0.3) is 0 Å². The van der Waals surface area contributed by atoms with Gasteiger partial charge in [-0.3, -0.25) is 4.79 Å². The molecule has 0 aliphatic rings. The number of benzene rings is 1. The highest BCUT2D eigenvalue weighted by Gasteiger charge is 2.00. The zero-order chi connectivity index (χ0) is 13.2. The Bertz CT molecular complexity index is 346. The molecule has 1 rings (SSSR count). The number of rotatable bonds is 8. The van der Waals surface area contributed by atoms with Crippen LogP contribution in [0.25, 0.3) is 0 Å². The molecular formula is C15H22O2S. The van der Waals surface area contributed by atoms with Gasteiger partial charge in [0.05, 0.1) is 6.61 Å². The first-order valence-electron chi connectivity index (χ1n) is 6.57. The molecule has 0 radical (unpaired) electrons. The molecule has 0 amide bonds. The van der Waals surface area contributed by atoms with Crippen LogP contribution in [0.5, 0.6) is 0 Å². The summed E-state index contributed by atoms with van der Waals surface area (Å²) in [5.74, 6) is 1.05. The third-order valence-electron chi connectivity index (χ3n) is 2.62. The standard InChI is InChI=1S/C15H22O2S/c1-3-17-15(16)7-5-4-6-12-18-14-10-8-13(2)9-11-14/h8-11H,3-7,12H2,1-2H3. The van der Waals surface area contributed by atoms with Gasteiger partial charge in [-0.05, 0) is 44.6 Å². The summed E-state index contributed by atoms with van der Waals surface area (Å²) < 4.78 is 4.88. The summed E-state index contributed by atoms with van der Waals surface area (Å²) >= 11 is 1.88. The van der Waals surface area contributed by atoms with Gasteiger partial charge in [-0.15, -0.1) is 11.8 Å². The molecule has 0 fully saturated rings. The Morgan fingerprint density at radius 1 is 1.17 bits per heavy atom. The van der Waals surface area contributed by atoms with Gasteiger partial charge in [0.1, 0.15) is 0 Å². The normalized spacial score (nSPS) is 10.3. The van der Waals surface area contributed by atoms with Gasteiger partial charge in [-0.1, -0.05) is 24.1 Å². The molecule has 0 unspecified atom stereocenters. The Kier molecular flexibility index (Phi) is 7.58. The van der Waals surface area contributed by atoms with E-state index in [2.05, 4.69) is 31.2 Å². The van der Waals surface area contributed by atoms with Gasteiger partial charge in [-0.25, -0.2) is 0 Å². The topological polar surface area (TPSA) is 26.3 Å². The molecule has 0 saturated heterocycles. The number of aryl methyl sites for hydroxylation is 1. The monoisotopic (exact) mass is 266 g/mol. The van der Waals surface area contributed by atoms with Crippen molar-refractivity contribution in [3.05, 3.63) is 29.8 Å². The molecule has 1 aromatic carbocycles. The summed E-state index contributed by atoms with van der Waals surface area (Å²) in [4.78, 5) is 12.4. The number of unbranched alkanes of at least 4 members (excludes halogenated alkanes) is 2. The second-order valence-electron chi connectivity index (χ2n) is 4.28. The number of hydrogen-bond acceptors (Lipinski definition) is 3. The van der Waals surface area contributed by atoms with Crippen LogP contribution in [0.4, 0.5) is 0 Å². The fourth-order valence-electron chi connectivity index (χ4n) is 1.61. The van der Waals surface area contributed by atoms with Crippen LogP contribution in [0.2, 0.25) is 0 Å². The van der Waals surface area contributed by atoms with Crippen molar-refractivity contribution in [2.24, 2.45) is 0 Å². The minimum absolute atomic E-state index is 0.0660. The second kappa shape index (κ2) is 9.03. The first-order chi connectivity index (χ1) is 8.72. The number of esters is 1. The van der Waals surface area contributed by atoms with Crippen molar-refractivity contribution in [1.82, 2.24) is 0 Å². The second-order valence-corrected chi connectivity index (χ2v) is 5.45. The Hall–Kier alpha value is -0.960. The Balaban J connectivity index is 2.02. The minimum atomic E-state index is -0.0660. The van der Waals surface area contributed by atoms with Crippen LogP contribution in [-0.2, 0) is 9.53 Å². The molecule has 0 aliphatic carbocycles. The van der Waals surface area contributed by atoms with Crippen molar-refractivity contribution in [3.8, 4) is 0 Å². The van der Waals surface area contributed by atoms with Crippen LogP contribution in [0.3, 0.4) is 0 Å².